The first-order chi connectivity index (χ1) is 13.0. The maximum atomic E-state index is 13.1. The van der Waals surface area contributed by atoms with Crippen molar-refractivity contribution in [3.8, 4) is 0 Å². The molecule has 4 nitrogen and oxygen atoms in total. The normalized spacial score (nSPS) is 15.8. The molecule has 27 heavy (non-hydrogen) atoms. The zero-order valence-corrected chi connectivity index (χ0v) is 17.3. The number of rotatable bonds is 3. The molecule has 0 aliphatic carbocycles. The van der Waals surface area contributed by atoms with Crippen molar-refractivity contribution >= 4 is 27.5 Å². The molecule has 142 valence electrons. The average Bonchev–Trinajstić information content (AvgIpc) is 3.22. The van der Waals surface area contributed by atoms with E-state index in [1.54, 1.807) is 11.3 Å². The molecule has 0 spiro atoms. The summed E-state index contributed by atoms with van der Waals surface area (Å²) in [6.45, 7) is 10.1. The summed E-state index contributed by atoms with van der Waals surface area (Å²) in [5.41, 5.74) is 4.20. The summed E-state index contributed by atoms with van der Waals surface area (Å²) in [4.78, 5) is 19.9. The number of thiazole rings is 1. The van der Waals surface area contributed by atoms with Gasteiger partial charge in [-0.25, -0.2) is 4.98 Å². The molecule has 0 radical (unpaired) electrons. The highest BCUT2D eigenvalue weighted by Gasteiger charge is 2.28. The van der Waals surface area contributed by atoms with E-state index in [4.69, 9.17) is 4.98 Å². The van der Waals surface area contributed by atoms with Crippen LogP contribution in [0.3, 0.4) is 0 Å². The van der Waals surface area contributed by atoms with Gasteiger partial charge in [0.1, 0.15) is 0 Å². The predicted molar refractivity (Wildman–Crippen MR) is 112 cm³/mol. The molecule has 0 atom stereocenters. The van der Waals surface area contributed by atoms with Crippen LogP contribution >= 0.6 is 11.3 Å². The van der Waals surface area contributed by atoms with Crippen LogP contribution < -0.4 is 0 Å². The highest BCUT2D eigenvalue weighted by atomic mass is 32.1. The molecule has 0 unspecified atom stereocenters. The van der Waals surface area contributed by atoms with Gasteiger partial charge in [-0.1, -0.05) is 12.1 Å². The molecule has 5 heteroatoms. The van der Waals surface area contributed by atoms with Crippen LogP contribution in [-0.4, -0.2) is 33.4 Å². The number of carbonyl (C=O) groups excluding carboxylic acids is 1. The molecule has 3 aromatic rings. The minimum Gasteiger partial charge on any atom is -0.346 e. The second-order valence-electron chi connectivity index (χ2n) is 7.83. The van der Waals surface area contributed by atoms with Crippen molar-refractivity contribution < 1.29 is 4.79 Å². The molecule has 2 aromatic heterocycles. The van der Waals surface area contributed by atoms with Gasteiger partial charge in [0.15, 0.2) is 0 Å². The smallest absolute Gasteiger partial charge is 0.255 e. The number of piperidine rings is 1. The Balaban J connectivity index is 1.47. The van der Waals surface area contributed by atoms with Crippen LogP contribution in [-0.2, 0) is 0 Å². The molecule has 1 amide bonds. The molecular formula is C22H27N3OS. The summed E-state index contributed by atoms with van der Waals surface area (Å²) < 4.78 is 3.51. The van der Waals surface area contributed by atoms with E-state index >= 15 is 0 Å². The van der Waals surface area contributed by atoms with Gasteiger partial charge in [-0.15, -0.1) is 11.3 Å². The topological polar surface area (TPSA) is 38.1 Å². The summed E-state index contributed by atoms with van der Waals surface area (Å²) in [5, 5.41) is 1.22. The third-order valence-corrected chi connectivity index (χ3v) is 6.87. The van der Waals surface area contributed by atoms with Gasteiger partial charge in [0, 0.05) is 36.4 Å². The molecule has 1 saturated heterocycles. The number of aromatic nitrogens is 2. The van der Waals surface area contributed by atoms with Gasteiger partial charge in [-0.3, -0.25) is 4.79 Å². The van der Waals surface area contributed by atoms with Crippen LogP contribution in [0.15, 0.2) is 30.3 Å². The van der Waals surface area contributed by atoms with Crippen LogP contribution in [0.25, 0.3) is 10.2 Å². The van der Waals surface area contributed by atoms with Crippen LogP contribution in [0.1, 0.15) is 65.4 Å². The number of para-hydroxylation sites is 1. The molecule has 0 N–H and O–H groups in total. The standard InChI is InChI=1S/C22H27N3OS/c1-14(2)25-15(3)13-18(16(25)4)22(26)24-11-9-17(10-12-24)21-23-19-7-5-6-8-20(19)27-21/h5-8,13-14,17H,9-12H2,1-4H3. The third kappa shape index (κ3) is 3.29. The SMILES string of the molecule is Cc1cc(C(=O)N2CCC(c3nc4ccccc4s3)CC2)c(C)n1C(C)C. The third-order valence-electron chi connectivity index (χ3n) is 5.67. The summed E-state index contributed by atoms with van der Waals surface area (Å²) in [6.07, 6.45) is 1.99. The number of hydrogen-bond acceptors (Lipinski definition) is 3. The van der Waals surface area contributed by atoms with E-state index in [-0.39, 0.29) is 5.91 Å². The van der Waals surface area contributed by atoms with Gasteiger partial charge in [0.2, 0.25) is 0 Å². The summed E-state index contributed by atoms with van der Waals surface area (Å²) in [6, 6.07) is 10.8. The zero-order chi connectivity index (χ0) is 19.1. The summed E-state index contributed by atoms with van der Waals surface area (Å²) >= 11 is 1.80. The molecular weight excluding hydrogens is 354 g/mol. The first-order valence-electron chi connectivity index (χ1n) is 9.79. The highest BCUT2D eigenvalue weighted by Crippen LogP contribution is 2.34. The molecule has 1 aliphatic rings. The lowest BCUT2D eigenvalue weighted by Gasteiger charge is -2.31. The van der Waals surface area contributed by atoms with Crippen LogP contribution in [0.4, 0.5) is 0 Å². The van der Waals surface area contributed by atoms with E-state index in [0.717, 1.165) is 48.4 Å². The fourth-order valence-electron chi connectivity index (χ4n) is 4.35. The van der Waals surface area contributed by atoms with Crippen molar-refractivity contribution in [2.45, 2.75) is 52.5 Å². The Hall–Kier alpha value is -2.14. The highest BCUT2D eigenvalue weighted by molar-refractivity contribution is 7.18. The van der Waals surface area contributed by atoms with Crippen molar-refractivity contribution in [2.75, 3.05) is 13.1 Å². The van der Waals surface area contributed by atoms with E-state index in [1.807, 2.05) is 11.0 Å². The van der Waals surface area contributed by atoms with Crippen molar-refractivity contribution in [2.24, 2.45) is 0 Å². The average molecular weight is 382 g/mol. The lowest BCUT2D eigenvalue weighted by atomic mass is 9.97. The molecule has 1 aromatic carbocycles. The Labute approximate surface area is 164 Å². The first-order valence-corrected chi connectivity index (χ1v) is 10.6. The Bertz CT molecular complexity index is 944. The monoisotopic (exact) mass is 381 g/mol. The Morgan fingerprint density at radius 1 is 1.19 bits per heavy atom. The van der Waals surface area contributed by atoms with Crippen molar-refractivity contribution in [1.29, 1.82) is 0 Å². The number of fused-ring (bicyclic) bond motifs is 1. The van der Waals surface area contributed by atoms with E-state index < -0.39 is 0 Å². The summed E-state index contributed by atoms with van der Waals surface area (Å²) in [5.74, 6) is 0.646. The number of likely N-dealkylation sites (tertiary alicyclic amines) is 1. The second kappa shape index (κ2) is 7.12. The van der Waals surface area contributed by atoms with Crippen LogP contribution in [0.5, 0.6) is 0 Å². The second-order valence-corrected chi connectivity index (χ2v) is 8.90. The van der Waals surface area contributed by atoms with Gasteiger partial charge < -0.3 is 9.47 Å². The molecule has 1 fully saturated rings. The molecule has 0 bridgehead atoms. The minimum absolute atomic E-state index is 0.178. The molecule has 3 heterocycles. The lowest BCUT2D eigenvalue weighted by Crippen LogP contribution is -2.38. The number of benzene rings is 1. The van der Waals surface area contributed by atoms with Gasteiger partial charge in [-0.2, -0.15) is 0 Å². The lowest BCUT2D eigenvalue weighted by molar-refractivity contribution is 0.0712. The van der Waals surface area contributed by atoms with Crippen molar-refractivity contribution in [3.05, 3.63) is 52.3 Å². The van der Waals surface area contributed by atoms with Crippen LogP contribution in [0.2, 0.25) is 0 Å². The quantitative estimate of drug-likeness (QED) is 0.616. The number of aryl methyl sites for hydroxylation is 1. The zero-order valence-electron chi connectivity index (χ0n) is 16.5. The molecule has 1 aliphatic heterocycles. The number of nitrogens with zero attached hydrogens (tertiary/aromatic N) is 3. The summed E-state index contributed by atoms with van der Waals surface area (Å²) in [7, 11) is 0. The van der Waals surface area contributed by atoms with Crippen molar-refractivity contribution in [1.82, 2.24) is 14.5 Å². The maximum absolute atomic E-state index is 13.1. The number of carbonyl (C=O) groups is 1. The van der Waals surface area contributed by atoms with Gasteiger partial charge >= 0.3 is 0 Å². The largest absolute Gasteiger partial charge is 0.346 e. The predicted octanol–water partition coefficient (Wildman–Crippen LogP) is 5.32. The van der Waals surface area contributed by atoms with Crippen molar-refractivity contribution in [3.63, 3.8) is 0 Å². The number of amides is 1. The van der Waals surface area contributed by atoms with Crippen LogP contribution in [0, 0.1) is 13.8 Å². The Kier molecular flexibility index (Phi) is 4.81. The molecule has 0 saturated carbocycles. The molecule has 4 rings (SSSR count). The first kappa shape index (κ1) is 18.2. The van der Waals surface area contributed by atoms with Gasteiger partial charge in [-0.05, 0) is 58.7 Å². The maximum Gasteiger partial charge on any atom is 0.255 e. The van der Waals surface area contributed by atoms with Gasteiger partial charge in [0.25, 0.3) is 5.91 Å². The fourth-order valence-corrected chi connectivity index (χ4v) is 5.49. The van der Waals surface area contributed by atoms with E-state index in [0.29, 0.717) is 12.0 Å². The Morgan fingerprint density at radius 3 is 2.52 bits per heavy atom. The van der Waals surface area contributed by atoms with E-state index in [9.17, 15) is 4.79 Å². The van der Waals surface area contributed by atoms with Gasteiger partial charge in [0.05, 0.1) is 20.8 Å². The fraction of sp³-hybridized carbons (Fsp3) is 0.455. The Morgan fingerprint density at radius 2 is 1.89 bits per heavy atom. The number of hydrogen-bond donors (Lipinski definition) is 0. The van der Waals surface area contributed by atoms with E-state index in [2.05, 4.69) is 56.5 Å². The van der Waals surface area contributed by atoms with E-state index in [1.165, 1.54) is 9.71 Å². The minimum atomic E-state index is 0.178.